The Bertz CT molecular complexity index is 496. The lowest BCUT2D eigenvalue weighted by molar-refractivity contribution is -0.0112. The van der Waals surface area contributed by atoms with Gasteiger partial charge in [0.1, 0.15) is 5.75 Å². The SMILES string of the molecule is CNC(c1c(C)c(Br)cc(C)c1OC)C1(C)CCCO1. The maximum absolute atomic E-state index is 6.05. The lowest BCUT2D eigenvalue weighted by Gasteiger charge is -2.35. The second-order valence-electron chi connectivity index (χ2n) is 5.73. The first-order valence-electron chi connectivity index (χ1n) is 7.09. The van der Waals surface area contributed by atoms with E-state index >= 15 is 0 Å². The largest absolute Gasteiger partial charge is 0.496 e. The molecule has 0 aromatic heterocycles. The molecule has 0 amide bonds. The van der Waals surface area contributed by atoms with Crippen LogP contribution in [0, 0.1) is 13.8 Å². The van der Waals surface area contributed by atoms with Crippen molar-refractivity contribution in [3.8, 4) is 5.75 Å². The van der Waals surface area contributed by atoms with Gasteiger partial charge in [0.25, 0.3) is 0 Å². The molecule has 20 heavy (non-hydrogen) atoms. The van der Waals surface area contributed by atoms with Gasteiger partial charge in [-0.3, -0.25) is 0 Å². The highest BCUT2D eigenvalue weighted by Gasteiger charge is 2.41. The highest BCUT2D eigenvalue weighted by Crippen LogP contribution is 2.44. The van der Waals surface area contributed by atoms with Crippen molar-refractivity contribution in [2.24, 2.45) is 0 Å². The first-order chi connectivity index (χ1) is 9.44. The molecular formula is C16H24BrNO2. The van der Waals surface area contributed by atoms with Crippen molar-refractivity contribution >= 4 is 15.9 Å². The first-order valence-corrected chi connectivity index (χ1v) is 7.88. The Labute approximate surface area is 130 Å². The van der Waals surface area contributed by atoms with Gasteiger partial charge < -0.3 is 14.8 Å². The summed E-state index contributed by atoms with van der Waals surface area (Å²) in [5.74, 6) is 0.960. The Morgan fingerprint density at radius 3 is 2.65 bits per heavy atom. The van der Waals surface area contributed by atoms with Crippen LogP contribution >= 0.6 is 15.9 Å². The number of hydrogen-bond donors (Lipinski definition) is 1. The molecule has 0 bridgehead atoms. The molecule has 4 heteroatoms. The van der Waals surface area contributed by atoms with Gasteiger partial charge >= 0.3 is 0 Å². The van der Waals surface area contributed by atoms with E-state index in [2.05, 4.69) is 48.1 Å². The van der Waals surface area contributed by atoms with Crippen molar-refractivity contribution in [1.82, 2.24) is 5.32 Å². The van der Waals surface area contributed by atoms with E-state index in [1.54, 1.807) is 7.11 Å². The van der Waals surface area contributed by atoms with Gasteiger partial charge in [0.2, 0.25) is 0 Å². The van der Waals surface area contributed by atoms with Crippen LogP contribution in [-0.2, 0) is 4.74 Å². The van der Waals surface area contributed by atoms with Crippen molar-refractivity contribution in [3.63, 3.8) is 0 Å². The third kappa shape index (κ3) is 2.61. The molecule has 0 spiro atoms. The summed E-state index contributed by atoms with van der Waals surface area (Å²) in [5, 5.41) is 3.44. The maximum Gasteiger partial charge on any atom is 0.126 e. The zero-order valence-electron chi connectivity index (χ0n) is 13.0. The molecule has 1 saturated heterocycles. The highest BCUT2D eigenvalue weighted by atomic mass is 79.9. The summed E-state index contributed by atoms with van der Waals surface area (Å²) in [5.41, 5.74) is 3.37. The fourth-order valence-corrected chi connectivity index (χ4v) is 3.83. The van der Waals surface area contributed by atoms with Crippen molar-refractivity contribution in [3.05, 3.63) is 27.2 Å². The lowest BCUT2D eigenvalue weighted by atomic mass is 9.84. The smallest absolute Gasteiger partial charge is 0.126 e. The molecule has 2 unspecified atom stereocenters. The van der Waals surface area contributed by atoms with Crippen LogP contribution < -0.4 is 10.1 Å². The average Bonchev–Trinajstić information content (AvgIpc) is 2.84. The topological polar surface area (TPSA) is 30.5 Å². The molecule has 1 aliphatic rings. The zero-order valence-corrected chi connectivity index (χ0v) is 14.6. The standard InChI is InChI=1S/C16H24BrNO2/c1-10-9-12(17)11(2)13(14(10)19-5)15(18-4)16(3)7-6-8-20-16/h9,15,18H,6-8H2,1-5H3. The molecule has 0 aliphatic carbocycles. The van der Waals surface area contributed by atoms with Crippen molar-refractivity contribution in [2.45, 2.75) is 45.3 Å². The molecule has 1 fully saturated rings. The van der Waals surface area contributed by atoms with E-state index in [0.717, 1.165) is 35.2 Å². The minimum absolute atomic E-state index is 0.121. The molecule has 0 radical (unpaired) electrons. The number of benzene rings is 1. The number of nitrogens with one attached hydrogen (secondary N) is 1. The number of aryl methyl sites for hydroxylation is 1. The molecule has 1 aliphatic heterocycles. The number of halogens is 1. The Balaban J connectivity index is 2.59. The van der Waals surface area contributed by atoms with Crippen LogP contribution in [0.25, 0.3) is 0 Å². The van der Waals surface area contributed by atoms with E-state index in [0.29, 0.717) is 0 Å². The van der Waals surface area contributed by atoms with Crippen LogP contribution in [0.1, 0.15) is 42.5 Å². The number of likely N-dealkylation sites (N-methyl/N-ethyl adjacent to an activating group) is 1. The summed E-state index contributed by atoms with van der Waals surface area (Å²) < 4.78 is 12.8. The van der Waals surface area contributed by atoms with Crippen molar-refractivity contribution in [1.29, 1.82) is 0 Å². The van der Waals surface area contributed by atoms with Crippen molar-refractivity contribution < 1.29 is 9.47 Å². The number of ether oxygens (including phenoxy) is 2. The summed E-state index contributed by atoms with van der Waals surface area (Å²) in [6.45, 7) is 7.24. The predicted molar refractivity (Wildman–Crippen MR) is 85.6 cm³/mol. The van der Waals surface area contributed by atoms with E-state index in [1.807, 2.05) is 7.05 Å². The third-order valence-electron chi connectivity index (χ3n) is 4.35. The van der Waals surface area contributed by atoms with Crippen LogP contribution in [0.5, 0.6) is 5.75 Å². The maximum atomic E-state index is 6.05. The molecule has 1 aromatic rings. The van der Waals surface area contributed by atoms with Gasteiger partial charge in [-0.15, -0.1) is 0 Å². The molecule has 1 N–H and O–H groups in total. The quantitative estimate of drug-likeness (QED) is 0.900. The molecule has 0 saturated carbocycles. The second-order valence-corrected chi connectivity index (χ2v) is 6.59. The second kappa shape index (κ2) is 6.04. The van der Waals surface area contributed by atoms with Gasteiger partial charge in [-0.2, -0.15) is 0 Å². The molecule has 112 valence electrons. The Morgan fingerprint density at radius 1 is 1.45 bits per heavy atom. The molecule has 2 rings (SSSR count). The average molecular weight is 342 g/mol. The van der Waals surface area contributed by atoms with E-state index in [4.69, 9.17) is 9.47 Å². The van der Waals surface area contributed by atoms with Gasteiger partial charge in [0, 0.05) is 16.6 Å². The molecular weight excluding hydrogens is 318 g/mol. The number of methoxy groups -OCH3 is 1. The molecule has 3 nitrogen and oxygen atoms in total. The van der Waals surface area contributed by atoms with Crippen LogP contribution in [0.2, 0.25) is 0 Å². The summed E-state index contributed by atoms with van der Waals surface area (Å²) in [6.07, 6.45) is 2.18. The number of rotatable bonds is 4. The Morgan fingerprint density at radius 2 is 2.15 bits per heavy atom. The van der Waals surface area contributed by atoms with Crippen LogP contribution in [0.4, 0.5) is 0 Å². The van der Waals surface area contributed by atoms with Gasteiger partial charge in [0.05, 0.1) is 18.8 Å². The summed E-state index contributed by atoms with van der Waals surface area (Å²) in [4.78, 5) is 0. The van der Waals surface area contributed by atoms with Crippen LogP contribution in [-0.4, -0.2) is 26.4 Å². The molecule has 1 aromatic carbocycles. The zero-order chi connectivity index (χ0) is 14.9. The molecule has 1 heterocycles. The van der Waals surface area contributed by atoms with E-state index < -0.39 is 0 Å². The van der Waals surface area contributed by atoms with Gasteiger partial charge in [-0.05, 0) is 57.9 Å². The molecule has 2 atom stereocenters. The minimum Gasteiger partial charge on any atom is -0.496 e. The summed E-state index contributed by atoms with van der Waals surface area (Å²) in [7, 11) is 3.73. The first kappa shape index (κ1) is 15.8. The van der Waals surface area contributed by atoms with Crippen LogP contribution in [0.15, 0.2) is 10.5 Å². The highest BCUT2D eigenvalue weighted by molar-refractivity contribution is 9.10. The summed E-state index contributed by atoms with van der Waals surface area (Å²) >= 11 is 3.66. The van der Waals surface area contributed by atoms with E-state index in [-0.39, 0.29) is 11.6 Å². The fraction of sp³-hybridized carbons (Fsp3) is 0.625. The monoisotopic (exact) mass is 341 g/mol. The van der Waals surface area contributed by atoms with Gasteiger partial charge in [-0.25, -0.2) is 0 Å². The fourth-order valence-electron chi connectivity index (χ4n) is 3.28. The lowest BCUT2D eigenvalue weighted by Crippen LogP contribution is -2.40. The Hall–Kier alpha value is -0.580. The summed E-state index contributed by atoms with van der Waals surface area (Å²) in [6, 6.07) is 2.23. The normalized spacial score (nSPS) is 23.9. The minimum atomic E-state index is -0.181. The third-order valence-corrected chi connectivity index (χ3v) is 5.17. The Kier molecular flexibility index (Phi) is 4.77. The van der Waals surface area contributed by atoms with Gasteiger partial charge in [-0.1, -0.05) is 15.9 Å². The van der Waals surface area contributed by atoms with Crippen LogP contribution in [0.3, 0.4) is 0 Å². The van der Waals surface area contributed by atoms with E-state index in [9.17, 15) is 0 Å². The van der Waals surface area contributed by atoms with E-state index in [1.165, 1.54) is 11.1 Å². The predicted octanol–water partition coefficient (Wildman–Crippen LogP) is 3.90. The number of hydrogen-bond acceptors (Lipinski definition) is 3. The van der Waals surface area contributed by atoms with Gasteiger partial charge in [0.15, 0.2) is 0 Å². The van der Waals surface area contributed by atoms with Crippen molar-refractivity contribution in [2.75, 3.05) is 20.8 Å².